The number of ether oxygens (including phenoxy) is 2. The van der Waals surface area contributed by atoms with Crippen molar-refractivity contribution in [2.24, 2.45) is 11.8 Å². The SMILES string of the molecule is CC1=CC[C@@H]2[C@@H](CCC23OCCO3)C1. The van der Waals surface area contributed by atoms with Crippen LogP contribution < -0.4 is 0 Å². The summed E-state index contributed by atoms with van der Waals surface area (Å²) < 4.78 is 11.7. The molecular formula is C12H18O2. The second-order valence-corrected chi connectivity index (χ2v) is 4.90. The summed E-state index contributed by atoms with van der Waals surface area (Å²) in [5, 5.41) is 0. The highest BCUT2D eigenvalue weighted by molar-refractivity contribution is 5.11. The van der Waals surface area contributed by atoms with E-state index in [4.69, 9.17) is 9.47 Å². The molecule has 2 atom stereocenters. The second-order valence-electron chi connectivity index (χ2n) is 4.90. The van der Waals surface area contributed by atoms with E-state index in [1.807, 2.05) is 0 Å². The third-order valence-corrected chi connectivity index (χ3v) is 4.08. The Balaban J connectivity index is 1.85. The van der Waals surface area contributed by atoms with E-state index in [1.165, 1.54) is 12.8 Å². The third-order valence-electron chi connectivity index (χ3n) is 4.08. The van der Waals surface area contributed by atoms with Crippen molar-refractivity contribution in [1.29, 1.82) is 0 Å². The number of hydrogen-bond acceptors (Lipinski definition) is 2. The zero-order valence-corrected chi connectivity index (χ0v) is 8.79. The van der Waals surface area contributed by atoms with E-state index < -0.39 is 0 Å². The Morgan fingerprint density at radius 1 is 1.36 bits per heavy atom. The maximum Gasteiger partial charge on any atom is 0.171 e. The highest BCUT2D eigenvalue weighted by Crippen LogP contribution is 2.51. The van der Waals surface area contributed by atoms with Crippen molar-refractivity contribution >= 4 is 0 Å². The molecule has 0 unspecified atom stereocenters. The molecule has 0 amide bonds. The smallest absolute Gasteiger partial charge is 0.171 e. The molecule has 1 saturated carbocycles. The minimum Gasteiger partial charge on any atom is -0.347 e. The average Bonchev–Trinajstić information content (AvgIpc) is 2.77. The summed E-state index contributed by atoms with van der Waals surface area (Å²) in [4.78, 5) is 0. The number of allylic oxidation sites excluding steroid dienone is 2. The van der Waals surface area contributed by atoms with Gasteiger partial charge in [-0.15, -0.1) is 0 Å². The van der Waals surface area contributed by atoms with Gasteiger partial charge in [0.1, 0.15) is 0 Å². The van der Waals surface area contributed by atoms with E-state index in [9.17, 15) is 0 Å². The largest absolute Gasteiger partial charge is 0.347 e. The van der Waals surface area contributed by atoms with Crippen molar-refractivity contribution in [1.82, 2.24) is 0 Å². The topological polar surface area (TPSA) is 18.5 Å². The highest BCUT2D eigenvalue weighted by atomic mass is 16.7. The molecule has 0 aromatic carbocycles. The standard InChI is InChI=1S/C12H18O2/c1-9-2-3-11-10(8-9)4-5-12(11)13-6-7-14-12/h2,10-11H,3-8H2,1H3/t10-,11+/m0/s1. The van der Waals surface area contributed by atoms with Crippen LogP contribution in [0.2, 0.25) is 0 Å². The summed E-state index contributed by atoms with van der Waals surface area (Å²) in [6.45, 7) is 3.84. The maximum absolute atomic E-state index is 5.85. The van der Waals surface area contributed by atoms with Gasteiger partial charge in [0.2, 0.25) is 0 Å². The first kappa shape index (κ1) is 8.93. The predicted molar refractivity (Wildman–Crippen MR) is 53.8 cm³/mol. The Kier molecular flexibility index (Phi) is 1.96. The molecule has 2 nitrogen and oxygen atoms in total. The first-order chi connectivity index (χ1) is 6.80. The van der Waals surface area contributed by atoms with Crippen molar-refractivity contribution in [3.05, 3.63) is 11.6 Å². The van der Waals surface area contributed by atoms with Gasteiger partial charge in [0.05, 0.1) is 13.2 Å². The summed E-state index contributed by atoms with van der Waals surface area (Å²) in [6.07, 6.45) is 7.20. The van der Waals surface area contributed by atoms with E-state index in [-0.39, 0.29) is 5.79 Å². The van der Waals surface area contributed by atoms with E-state index in [1.54, 1.807) is 5.57 Å². The monoisotopic (exact) mass is 194 g/mol. The molecule has 1 saturated heterocycles. The zero-order chi connectivity index (χ0) is 9.60. The normalized spacial score (nSPS) is 39.9. The molecule has 2 aliphatic carbocycles. The average molecular weight is 194 g/mol. The molecule has 1 aliphatic heterocycles. The molecule has 0 radical (unpaired) electrons. The molecule has 2 heteroatoms. The summed E-state index contributed by atoms with van der Waals surface area (Å²) in [5.41, 5.74) is 1.56. The van der Waals surface area contributed by atoms with Crippen LogP contribution in [0, 0.1) is 11.8 Å². The lowest BCUT2D eigenvalue weighted by molar-refractivity contribution is -0.186. The van der Waals surface area contributed by atoms with Gasteiger partial charge in [0, 0.05) is 12.3 Å². The predicted octanol–water partition coefficient (Wildman–Crippen LogP) is 2.50. The van der Waals surface area contributed by atoms with Gasteiger partial charge in [-0.05, 0) is 32.1 Å². The molecule has 1 spiro atoms. The summed E-state index contributed by atoms with van der Waals surface area (Å²) >= 11 is 0. The molecule has 14 heavy (non-hydrogen) atoms. The van der Waals surface area contributed by atoms with Crippen LogP contribution in [0.3, 0.4) is 0 Å². The van der Waals surface area contributed by atoms with Gasteiger partial charge in [-0.25, -0.2) is 0 Å². The molecule has 0 N–H and O–H groups in total. The lowest BCUT2D eigenvalue weighted by Gasteiger charge is -2.34. The lowest BCUT2D eigenvalue weighted by Crippen LogP contribution is -2.37. The van der Waals surface area contributed by atoms with Crippen molar-refractivity contribution in [2.45, 2.75) is 38.4 Å². The fourth-order valence-electron chi connectivity index (χ4n) is 3.40. The van der Waals surface area contributed by atoms with Crippen LogP contribution in [-0.4, -0.2) is 19.0 Å². The molecule has 0 bridgehead atoms. The highest BCUT2D eigenvalue weighted by Gasteiger charge is 2.52. The van der Waals surface area contributed by atoms with Gasteiger partial charge in [0.15, 0.2) is 5.79 Å². The van der Waals surface area contributed by atoms with Gasteiger partial charge in [-0.1, -0.05) is 11.6 Å². The molecule has 0 aromatic heterocycles. The molecule has 1 heterocycles. The Bertz CT molecular complexity index is 263. The Morgan fingerprint density at radius 2 is 2.14 bits per heavy atom. The van der Waals surface area contributed by atoms with Gasteiger partial charge >= 0.3 is 0 Å². The maximum atomic E-state index is 5.85. The molecular weight excluding hydrogens is 176 g/mol. The van der Waals surface area contributed by atoms with Crippen LogP contribution in [0.1, 0.15) is 32.6 Å². The van der Waals surface area contributed by atoms with Gasteiger partial charge in [-0.2, -0.15) is 0 Å². The van der Waals surface area contributed by atoms with Crippen molar-refractivity contribution in [3.63, 3.8) is 0 Å². The van der Waals surface area contributed by atoms with Crippen molar-refractivity contribution in [2.75, 3.05) is 13.2 Å². The minimum absolute atomic E-state index is 0.179. The first-order valence-corrected chi connectivity index (χ1v) is 5.74. The first-order valence-electron chi connectivity index (χ1n) is 5.74. The van der Waals surface area contributed by atoms with Crippen LogP contribution in [0.5, 0.6) is 0 Å². The Hall–Kier alpha value is -0.340. The Morgan fingerprint density at radius 3 is 2.93 bits per heavy atom. The molecule has 0 aromatic rings. The molecule has 3 rings (SSSR count). The van der Waals surface area contributed by atoms with Gasteiger partial charge in [-0.3, -0.25) is 0 Å². The summed E-state index contributed by atoms with van der Waals surface area (Å²) in [5.74, 6) is 1.27. The van der Waals surface area contributed by atoms with Crippen LogP contribution in [0.4, 0.5) is 0 Å². The quantitative estimate of drug-likeness (QED) is 0.552. The number of fused-ring (bicyclic) bond motifs is 2. The van der Waals surface area contributed by atoms with Crippen molar-refractivity contribution in [3.8, 4) is 0 Å². The van der Waals surface area contributed by atoms with E-state index in [0.29, 0.717) is 5.92 Å². The molecule has 78 valence electrons. The van der Waals surface area contributed by atoms with Crippen LogP contribution in [0.15, 0.2) is 11.6 Å². The van der Waals surface area contributed by atoms with E-state index in [2.05, 4.69) is 13.0 Å². The minimum atomic E-state index is -0.179. The number of hydrogen-bond donors (Lipinski definition) is 0. The fourth-order valence-corrected chi connectivity index (χ4v) is 3.40. The third kappa shape index (κ3) is 1.17. The van der Waals surface area contributed by atoms with Crippen molar-refractivity contribution < 1.29 is 9.47 Å². The second kappa shape index (κ2) is 3.07. The summed E-state index contributed by atoms with van der Waals surface area (Å²) in [6, 6.07) is 0. The fraction of sp³-hybridized carbons (Fsp3) is 0.833. The van der Waals surface area contributed by atoms with Gasteiger partial charge in [0.25, 0.3) is 0 Å². The molecule has 2 fully saturated rings. The van der Waals surface area contributed by atoms with Gasteiger partial charge < -0.3 is 9.47 Å². The lowest BCUT2D eigenvalue weighted by atomic mass is 9.80. The van der Waals surface area contributed by atoms with E-state index in [0.717, 1.165) is 32.0 Å². The molecule has 3 aliphatic rings. The summed E-state index contributed by atoms with van der Waals surface area (Å²) in [7, 11) is 0. The van der Waals surface area contributed by atoms with Crippen LogP contribution in [0.25, 0.3) is 0 Å². The Labute approximate surface area is 85.3 Å². The van der Waals surface area contributed by atoms with Crippen LogP contribution >= 0.6 is 0 Å². The van der Waals surface area contributed by atoms with E-state index >= 15 is 0 Å². The zero-order valence-electron chi connectivity index (χ0n) is 8.79. The number of rotatable bonds is 0. The van der Waals surface area contributed by atoms with Crippen LogP contribution in [-0.2, 0) is 9.47 Å².